The lowest BCUT2D eigenvalue weighted by Crippen LogP contribution is -2.36. The monoisotopic (exact) mass is 286 g/mol. The number of amides is 1. The van der Waals surface area contributed by atoms with E-state index in [-0.39, 0.29) is 5.56 Å². The number of carbonyl (C=O) groups excluding carboxylic acids is 1. The topological polar surface area (TPSA) is 32.3 Å². The Morgan fingerprint density at radius 3 is 2.35 bits per heavy atom. The molecule has 1 fully saturated rings. The van der Waals surface area contributed by atoms with Gasteiger partial charge in [-0.25, -0.2) is 13.2 Å². The van der Waals surface area contributed by atoms with Crippen molar-refractivity contribution >= 4 is 5.91 Å². The highest BCUT2D eigenvalue weighted by Crippen LogP contribution is 2.16. The summed E-state index contributed by atoms with van der Waals surface area (Å²) < 4.78 is 38.9. The van der Waals surface area contributed by atoms with Crippen LogP contribution in [-0.2, 0) is 0 Å². The fourth-order valence-corrected chi connectivity index (χ4v) is 2.29. The van der Waals surface area contributed by atoms with Crippen molar-refractivity contribution in [2.24, 2.45) is 5.92 Å². The number of hydrogen-bond donors (Lipinski definition) is 1. The summed E-state index contributed by atoms with van der Waals surface area (Å²) in [5, 5.41) is 2.64. The Bertz CT molecular complexity index is 476. The van der Waals surface area contributed by atoms with E-state index in [0.717, 1.165) is 25.9 Å². The van der Waals surface area contributed by atoms with Gasteiger partial charge < -0.3 is 10.2 Å². The molecule has 1 saturated heterocycles. The minimum Gasteiger partial charge on any atom is -0.352 e. The average molecular weight is 286 g/mol. The molecule has 6 heteroatoms. The zero-order valence-electron chi connectivity index (χ0n) is 11.3. The van der Waals surface area contributed by atoms with Gasteiger partial charge >= 0.3 is 0 Å². The van der Waals surface area contributed by atoms with Crippen molar-refractivity contribution in [3.63, 3.8) is 0 Å². The Kier molecular flexibility index (Phi) is 4.65. The van der Waals surface area contributed by atoms with E-state index in [1.165, 1.54) is 0 Å². The molecule has 3 nitrogen and oxygen atoms in total. The van der Waals surface area contributed by atoms with Gasteiger partial charge in [0.25, 0.3) is 5.91 Å². The molecule has 1 heterocycles. The summed E-state index contributed by atoms with van der Waals surface area (Å²) in [5.41, 5.74) is -0.200. The molecule has 0 bridgehead atoms. The lowest BCUT2D eigenvalue weighted by atomic mass is 9.97. The van der Waals surface area contributed by atoms with Crippen molar-refractivity contribution < 1.29 is 18.0 Å². The van der Waals surface area contributed by atoms with Crippen LogP contribution in [0.4, 0.5) is 13.2 Å². The highest BCUT2D eigenvalue weighted by molar-refractivity contribution is 5.94. The van der Waals surface area contributed by atoms with E-state index in [1.54, 1.807) is 0 Å². The van der Waals surface area contributed by atoms with Crippen LogP contribution in [0.5, 0.6) is 0 Å². The van der Waals surface area contributed by atoms with Gasteiger partial charge in [-0.15, -0.1) is 0 Å². The van der Waals surface area contributed by atoms with Gasteiger partial charge in [0.2, 0.25) is 0 Å². The van der Waals surface area contributed by atoms with Gasteiger partial charge in [0, 0.05) is 12.1 Å². The first-order chi connectivity index (χ1) is 9.47. The van der Waals surface area contributed by atoms with Crippen molar-refractivity contribution in [1.82, 2.24) is 10.2 Å². The number of carbonyl (C=O) groups is 1. The van der Waals surface area contributed by atoms with Gasteiger partial charge in [-0.05, 0) is 51.0 Å². The second kappa shape index (κ2) is 6.26. The predicted octanol–water partition coefficient (Wildman–Crippen LogP) is 2.18. The fourth-order valence-electron chi connectivity index (χ4n) is 2.29. The molecule has 0 unspecified atom stereocenters. The predicted molar refractivity (Wildman–Crippen MR) is 68.9 cm³/mol. The SMILES string of the molecule is CN1CCC(CNC(=O)c2cc(F)c(F)c(F)c2)CC1. The van der Waals surface area contributed by atoms with Crippen molar-refractivity contribution in [2.45, 2.75) is 12.8 Å². The third-order valence-corrected chi connectivity index (χ3v) is 3.64. The first-order valence-corrected chi connectivity index (χ1v) is 6.58. The molecule has 1 aromatic rings. The van der Waals surface area contributed by atoms with Crippen LogP contribution in [-0.4, -0.2) is 37.5 Å². The molecule has 20 heavy (non-hydrogen) atoms. The number of benzene rings is 1. The minimum absolute atomic E-state index is 0.200. The summed E-state index contributed by atoms with van der Waals surface area (Å²) in [7, 11) is 2.04. The number of hydrogen-bond acceptors (Lipinski definition) is 2. The molecule has 0 atom stereocenters. The standard InChI is InChI=1S/C14H17F3N2O/c1-19-4-2-9(3-5-19)8-18-14(20)10-6-11(15)13(17)12(16)7-10/h6-7,9H,2-5,8H2,1H3,(H,18,20). The number of nitrogens with one attached hydrogen (secondary N) is 1. The highest BCUT2D eigenvalue weighted by Gasteiger charge is 2.19. The van der Waals surface area contributed by atoms with Crippen LogP contribution in [0.2, 0.25) is 0 Å². The summed E-state index contributed by atoms with van der Waals surface area (Å²) in [6, 6.07) is 1.42. The number of halogens is 3. The molecule has 1 aliphatic heterocycles. The molecule has 0 aromatic heterocycles. The van der Waals surface area contributed by atoms with Gasteiger partial charge in [-0.1, -0.05) is 0 Å². The van der Waals surface area contributed by atoms with Crippen LogP contribution in [0.25, 0.3) is 0 Å². The largest absolute Gasteiger partial charge is 0.352 e. The van der Waals surface area contributed by atoms with E-state index >= 15 is 0 Å². The van der Waals surface area contributed by atoms with E-state index in [4.69, 9.17) is 0 Å². The summed E-state index contributed by atoms with van der Waals surface area (Å²) in [6.45, 7) is 2.41. The second-order valence-corrected chi connectivity index (χ2v) is 5.21. The molecule has 1 aromatic carbocycles. The maximum absolute atomic E-state index is 13.0. The molecular formula is C14H17F3N2O. The first kappa shape index (κ1) is 14.8. The van der Waals surface area contributed by atoms with Gasteiger partial charge in [0.15, 0.2) is 17.5 Å². The molecule has 0 spiro atoms. The molecular weight excluding hydrogens is 269 g/mol. The van der Waals surface area contributed by atoms with Crippen molar-refractivity contribution in [2.75, 3.05) is 26.7 Å². The summed E-state index contributed by atoms with van der Waals surface area (Å²) in [4.78, 5) is 14.0. The molecule has 110 valence electrons. The van der Waals surface area contributed by atoms with Crippen LogP contribution in [0, 0.1) is 23.4 Å². The van der Waals surface area contributed by atoms with Crippen LogP contribution >= 0.6 is 0 Å². The van der Waals surface area contributed by atoms with E-state index in [9.17, 15) is 18.0 Å². The molecule has 1 N–H and O–H groups in total. The van der Waals surface area contributed by atoms with Crippen molar-refractivity contribution in [1.29, 1.82) is 0 Å². The molecule has 0 saturated carbocycles. The van der Waals surface area contributed by atoms with E-state index in [0.29, 0.717) is 24.6 Å². The number of rotatable bonds is 3. The quantitative estimate of drug-likeness (QED) is 0.864. The zero-order chi connectivity index (χ0) is 14.7. The summed E-state index contributed by atoms with van der Waals surface area (Å²) >= 11 is 0. The third-order valence-electron chi connectivity index (χ3n) is 3.64. The third kappa shape index (κ3) is 3.50. The minimum atomic E-state index is -1.56. The molecule has 1 amide bonds. The average Bonchev–Trinajstić information content (AvgIpc) is 2.43. The highest BCUT2D eigenvalue weighted by atomic mass is 19.2. The van der Waals surface area contributed by atoms with E-state index in [2.05, 4.69) is 10.2 Å². The van der Waals surface area contributed by atoms with Gasteiger partial charge in [0.05, 0.1) is 0 Å². The molecule has 0 radical (unpaired) electrons. The maximum atomic E-state index is 13.0. The van der Waals surface area contributed by atoms with Crippen LogP contribution in [0.15, 0.2) is 12.1 Å². The van der Waals surface area contributed by atoms with Crippen LogP contribution in [0.3, 0.4) is 0 Å². The second-order valence-electron chi connectivity index (χ2n) is 5.21. The van der Waals surface area contributed by atoms with Crippen molar-refractivity contribution in [3.05, 3.63) is 35.1 Å². The van der Waals surface area contributed by atoms with Gasteiger partial charge in [-0.3, -0.25) is 4.79 Å². The Balaban J connectivity index is 1.92. The summed E-state index contributed by atoms with van der Waals surface area (Å²) in [6.07, 6.45) is 1.95. The molecule has 2 rings (SSSR count). The van der Waals surface area contributed by atoms with Crippen LogP contribution < -0.4 is 5.32 Å². The normalized spacial score (nSPS) is 17.2. The Morgan fingerprint density at radius 2 is 1.80 bits per heavy atom. The number of nitrogens with zero attached hydrogens (tertiary/aromatic N) is 1. The zero-order valence-corrected chi connectivity index (χ0v) is 11.3. The smallest absolute Gasteiger partial charge is 0.251 e. The molecule has 0 aliphatic carbocycles. The van der Waals surface area contributed by atoms with Crippen LogP contribution in [0.1, 0.15) is 23.2 Å². The summed E-state index contributed by atoms with van der Waals surface area (Å²) in [5.74, 6) is -4.48. The number of likely N-dealkylation sites (tertiary alicyclic amines) is 1. The van der Waals surface area contributed by atoms with E-state index < -0.39 is 23.4 Å². The van der Waals surface area contributed by atoms with Gasteiger partial charge in [-0.2, -0.15) is 0 Å². The van der Waals surface area contributed by atoms with Gasteiger partial charge in [0.1, 0.15) is 0 Å². The lowest BCUT2D eigenvalue weighted by molar-refractivity contribution is 0.0938. The Hall–Kier alpha value is -1.56. The first-order valence-electron chi connectivity index (χ1n) is 6.58. The van der Waals surface area contributed by atoms with Crippen molar-refractivity contribution in [3.8, 4) is 0 Å². The fraction of sp³-hybridized carbons (Fsp3) is 0.500. The Labute approximate surface area is 115 Å². The lowest BCUT2D eigenvalue weighted by Gasteiger charge is -2.28. The molecule has 1 aliphatic rings. The van der Waals surface area contributed by atoms with E-state index in [1.807, 2.05) is 7.05 Å². The number of piperidine rings is 1. The maximum Gasteiger partial charge on any atom is 0.251 e. The Morgan fingerprint density at radius 1 is 1.25 bits per heavy atom.